The first-order valence-electron chi connectivity index (χ1n) is 15.7. The van der Waals surface area contributed by atoms with Crippen LogP contribution in [0.1, 0.15) is 64.8 Å². The average molecular weight is 631 g/mol. The number of fused-ring (bicyclic) bond motifs is 13. The largest absolute Gasteiger partial charge is 0.493 e. The minimum atomic E-state index is -0.614. The fourth-order valence-electron chi connectivity index (χ4n) is 5.82. The molecule has 1 fully saturated rings. The van der Waals surface area contributed by atoms with E-state index in [-0.39, 0.29) is 66.0 Å². The lowest BCUT2D eigenvalue weighted by molar-refractivity contribution is -0.137. The molecule has 46 heavy (non-hydrogen) atoms. The third kappa shape index (κ3) is 7.82. The van der Waals surface area contributed by atoms with Gasteiger partial charge in [0.05, 0.1) is 7.11 Å². The molecule has 0 spiro atoms. The number of nitrogens with zero attached hydrogens (tertiary/aromatic N) is 2. The Balaban J connectivity index is 1.36. The van der Waals surface area contributed by atoms with Crippen molar-refractivity contribution < 1.29 is 33.0 Å². The first-order chi connectivity index (χ1) is 22.4. The fraction of sp³-hybridized carbons (Fsp3) is 0.371. The molecule has 3 aromatic rings. The second kappa shape index (κ2) is 15.4. The lowest BCUT2D eigenvalue weighted by Gasteiger charge is -2.38. The number of carbonyl (C=O) groups is 4. The van der Waals surface area contributed by atoms with Gasteiger partial charge in [-0.2, -0.15) is 0 Å². The monoisotopic (exact) mass is 630 g/mol. The summed E-state index contributed by atoms with van der Waals surface area (Å²) >= 11 is 0. The van der Waals surface area contributed by atoms with E-state index >= 15 is 0 Å². The lowest BCUT2D eigenvalue weighted by atomic mass is 9.99. The standard InChI is InChI=1S/C35H39FN4O6/c1-45-31-22-25-16-17-30(31)46-29-14-7-12-27(36)26(29)23-38-32(41)15-8-19-39(20-9-18-37-33(25)42)35(44)28-13-5-6-21-40(28)34(43)24-10-3-2-4-11-24/h2-4,7,10-12,14,16-17,22,28H,5-6,8-9,13,15,18-21,23H2,1H3,(H,37,42)(H,38,41). The zero-order valence-corrected chi connectivity index (χ0v) is 25.9. The van der Waals surface area contributed by atoms with Crippen LogP contribution in [-0.2, 0) is 16.1 Å². The number of hydrogen-bond donors (Lipinski definition) is 2. The maximum absolute atomic E-state index is 14.9. The van der Waals surface area contributed by atoms with Crippen LogP contribution < -0.4 is 20.1 Å². The van der Waals surface area contributed by atoms with Crippen LogP contribution in [0.3, 0.4) is 0 Å². The quantitative estimate of drug-likeness (QED) is 0.434. The molecule has 0 aliphatic carbocycles. The highest BCUT2D eigenvalue weighted by molar-refractivity contribution is 5.98. The van der Waals surface area contributed by atoms with Crippen molar-refractivity contribution >= 4 is 23.6 Å². The molecule has 2 bridgehead atoms. The third-order valence-corrected chi connectivity index (χ3v) is 8.29. The van der Waals surface area contributed by atoms with Crippen molar-refractivity contribution in [1.82, 2.24) is 20.4 Å². The number of rotatable bonds is 3. The minimum Gasteiger partial charge on any atom is -0.493 e. The van der Waals surface area contributed by atoms with Crippen LogP contribution in [0.5, 0.6) is 17.2 Å². The van der Waals surface area contributed by atoms with E-state index in [1.54, 1.807) is 52.3 Å². The van der Waals surface area contributed by atoms with Gasteiger partial charge in [-0.05, 0) is 74.6 Å². The van der Waals surface area contributed by atoms with Crippen LogP contribution in [-0.4, -0.2) is 72.8 Å². The van der Waals surface area contributed by atoms with Gasteiger partial charge < -0.3 is 29.9 Å². The zero-order valence-electron chi connectivity index (χ0n) is 25.9. The molecule has 242 valence electrons. The second-order valence-corrected chi connectivity index (χ2v) is 11.4. The number of halogens is 1. The molecule has 1 unspecified atom stereocenters. The van der Waals surface area contributed by atoms with Crippen molar-refractivity contribution in [3.8, 4) is 17.2 Å². The Kier molecular flexibility index (Phi) is 10.9. The number of ether oxygens (including phenoxy) is 2. The predicted octanol–water partition coefficient (Wildman–Crippen LogP) is 4.68. The molecule has 0 saturated carbocycles. The van der Waals surface area contributed by atoms with Crippen LogP contribution in [0, 0.1) is 5.82 Å². The van der Waals surface area contributed by atoms with Crippen molar-refractivity contribution in [3.05, 3.63) is 89.2 Å². The number of piperidine rings is 1. The van der Waals surface area contributed by atoms with Crippen LogP contribution in [0.4, 0.5) is 4.39 Å². The molecular weight excluding hydrogens is 591 g/mol. The van der Waals surface area contributed by atoms with Gasteiger partial charge in [-0.3, -0.25) is 19.2 Å². The summed E-state index contributed by atoms with van der Waals surface area (Å²) in [5, 5.41) is 5.66. The second-order valence-electron chi connectivity index (χ2n) is 11.4. The molecule has 11 heteroatoms. The molecule has 3 heterocycles. The summed E-state index contributed by atoms with van der Waals surface area (Å²) in [5.41, 5.74) is 1.04. The van der Waals surface area contributed by atoms with E-state index in [0.29, 0.717) is 50.0 Å². The molecule has 10 nitrogen and oxygen atoms in total. The first kappa shape index (κ1) is 32.5. The van der Waals surface area contributed by atoms with Crippen LogP contribution >= 0.6 is 0 Å². The van der Waals surface area contributed by atoms with Gasteiger partial charge in [-0.25, -0.2) is 4.39 Å². The summed E-state index contributed by atoms with van der Waals surface area (Å²) in [6.07, 6.45) is 3.13. The van der Waals surface area contributed by atoms with Crippen molar-refractivity contribution in [2.24, 2.45) is 0 Å². The smallest absolute Gasteiger partial charge is 0.254 e. The number of likely N-dealkylation sites (tertiary alicyclic amines) is 1. The summed E-state index contributed by atoms with van der Waals surface area (Å²) in [7, 11) is 1.44. The molecule has 3 aliphatic heterocycles. The molecule has 3 aliphatic rings. The van der Waals surface area contributed by atoms with E-state index in [2.05, 4.69) is 10.6 Å². The van der Waals surface area contributed by atoms with Gasteiger partial charge in [0.25, 0.3) is 11.8 Å². The van der Waals surface area contributed by atoms with Crippen LogP contribution in [0.15, 0.2) is 66.7 Å². The minimum absolute atomic E-state index is 0.106. The molecule has 0 radical (unpaired) electrons. The van der Waals surface area contributed by atoms with Crippen LogP contribution in [0.2, 0.25) is 0 Å². The van der Waals surface area contributed by atoms with Gasteiger partial charge in [0, 0.05) is 55.8 Å². The molecule has 6 rings (SSSR count). The predicted molar refractivity (Wildman–Crippen MR) is 169 cm³/mol. The Morgan fingerprint density at radius 1 is 0.891 bits per heavy atom. The summed E-state index contributed by atoms with van der Waals surface area (Å²) < 4.78 is 26.3. The van der Waals surface area contributed by atoms with Crippen molar-refractivity contribution in [2.45, 2.75) is 51.1 Å². The Morgan fingerprint density at radius 2 is 1.70 bits per heavy atom. The average Bonchev–Trinajstić information content (AvgIpc) is 3.08. The van der Waals surface area contributed by atoms with Crippen LogP contribution in [0.25, 0.3) is 0 Å². The fourth-order valence-corrected chi connectivity index (χ4v) is 5.82. The molecule has 3 aromatic carbocycles. The van der Waals surface area contributed by atoms with Gasteiger partial charge in [-0.1, -0.05) is 24.3 Å². The number of carbonyl (C=O) groups excluding carboxylic acids is 4. The molecule has 0 aromatic heterocycles. The number of hydrogen-bond acceptors (Lipinski definition) is 6. The number of benzene rings is 3. The summed E-state index contributed by atoms with van der Waals surface area (Å²) in [6, 6.07) is 17.4. The van der Waals surface area contributed by atoms with Crippen molar-refractivity contribution in [3.63, 3.8) is 0 Å². The van der Waals surface area contributed by atoms with Gasteiger partial charge in [0.2, 0.25) is 11.8 Å². The SMILES string of the molecule is COc1cc2ccc1Oc1cccc(F)c1CNC(=O)CCCN(C(=O)C1CCCCN1C(=O)c1ccccc1)CCCNC2=O. The molecule has 2 N–H and O–H groups in total. The highest BCUT2D eigenvalue weighted by atomic mass is 19.1. The van der Waals surface area contributed by atoms with E-state index in [4.69, 9.17) is 9.47 Å². The maximum atomic E-state index is 14.9. The summed E-state index contributed by atoms with van der Waals surface area (Å²) in [4.78, 5) is 56.6. The Bertz CT molecular complexity index is 1570. The van der Waals surface area contributed by atoms with E-state index in [0.717, 1.165) is 12.8 Å². The van der Waals surface area contributed by atoms with E-state index < -0.39 is 11.9 Å². The highest BCUT2D eigenvalue weighted by Crippen LogP contribution is 2.35. The molecule has 4 amide bonds. The van der Waals surface area contributed by atoms with E-state index in [1.807, 2.05) is 6.07 Å². The molecule has 1 saturated heterocycles. The maximum Gasteiger partial charge on any atom is 0.254 e. The van der Waals surface area contributed by atoms with Gasteiger partial charge in [0.15, 0.2) is 11.5 Å². The molecule has 1 atom stereocenters. The number of amides is 4. The highest BCUT2D eigenvalue weighted by Gasteiger charge is 2.35. The summed E-state index contributed by atoms with van der Waals surface area (Å²) in [6.45, 7) is 1.30. The summed E-state index contributed by atoms with van der Waals surface area (Å²) in [5.74, 6) is -0.753. The normalized spacial score (nSPS) is 18.2. The van der Waals surface area contributed by atoms with Gasteiger partial charge >= 0.3 is 0 Å². The lowest BCUT2D eigenvalue weighted by Crippen LogP contribution is -2.53. The topological polar surface area (TPSA) is 117 Å². The third-order valence-electron chi connectivity index (χ3n) is 8.29. The number of methoxy groups -OCH3 is 1. The van der Waals surface area contributed by atoms with E-state index in [9.17, 15) is 23.6 Å². The van der Waals surface area contributed by atoms with Gasteiger partial charge in [0.1, 0.15) is 17.6 Å². The van der Waals surface area contributed by atoms with Gasteiger partial charge in [-0.15, -0.1) is 0 Å². The molecular formula is C35H39FN4O6. The van der Waals surface area contributed by atoms with E-state index in [1.165, 1.54) is 25.3 Å². The van der Waals surface area contributed by atoms with Crippen molar-refractivity contribution in [2.75, 3.05) is 33.3 Å². The first-order valence-corrected chi connectivity index (χ1v) is 15.7. The Morgan fingerprint density at radius 3 is 2.50 bits per heavy atom. The van der Waals surface area contributed by atoms with Crippen molar-refractivity contribution in [1.29, 1.82) is 0 Å². The number of nitrogens with one attached hydrogen (secondary N) is 2. The zero-order chi connectivity index (χ0) is 32.5. The Labute approximate surface area is 267 Å². The Hall–Kier alpha value is -4.93.